The summed E-state index contributed by atoms with van der Waals surface area (Å²) < 4.78 is 10.6. The second-order valence-corrected chi connectivity index (χ2v) is 8.63. The van der Waals surface area contributed by atoms with Crippen molar-refractivity contribution in [2.75, 3.05) is 13.6 Å². The molecule has 0 spiro atoms. The van der Waals surface area contributed by atoms with Crippen molar-refractivity contribution in [2.45, 2.75) is 97.2 Å². The number of likely N-dealkylation sites (N-methyl/N-ethyl adjacent to an activating group) is 1. The average molecular weight is 412 g/mol. The van der Waals surface area contributed by atoms with Crippen LogP contribution in [0.1, 0.15) is 85.5 Å². The zero-order chi connectivity index (χ0) is 21.9. The van der Waals surface area contributed by atoms with Crippen molar-refractivity contribution in [3.8, 4) is 0 Å². The number of ether oxygens (including phenoxy) is 2. The third-order valence-corrected chi connectivity index (χ3v) is 4.42. The van der Waals surface area contributed by atoms with Gasteiger partial charge in [-0.2, -0.15) is 0 Å². The highest BCUT2D eigenvalue weighted by molar-refractivity contribution is 6.01. The van der Waals surface area contributed by atoms with E-state index in [-0.39, 0.29) is 24.5 Å². The topological polar surface area (TPSA) is 97.3 Å². The van der Waals surface area contributed by atoms with Crippen molar-refractivity contribution in [3.63, 3.8) is 0 Å². The number of esters is 1. The molecule has 0 aromatic rings. The highest BCUT2D eigenvalue weighted by Crippen LogP contribution is 2.13. The van der Waals surface area contributed by atoms with E-state index in [9.17, 15) is 14.4 Å². The smallest absolute Gasteiger partial charge is 0.437 e. The lowest BCUT2D eigenvalue weighted by molar-refractivity contribution is -0.148. The number of carbonyl (C=O) groups excluding carboxylic acids is 3. The number of cyclic esters (lactones) is 1. The highest BCUT2D eigenvalue weighted by atomic mass is 16.6. The maximum absolute atomic E-state index is 12.3. The van der Waals surface area contributed by atoms with Gasteiger partial charge < -0.3 is 14.4 Å². The van der Waals surface area contributed by atoms with E-state index in [1.165, 1.54) is 4.90 Å². The van der Waals surface area contributed by atoms with Gasteiger partial charge in [-0.1, -0.05) is 32.1 Å². The molecule has 0 aromatic carbocycles. The van der Waals surface area contributed by atoms with Gasteiger partial charge in [-0.05, 0) is 47.0 Å². The molecular weight excluding hydrogens is 374 g/mol. The predicted octanol–water partition coefficient (Wildman–Crippen LogP) is 3.78. The van der Waals surface area contributed by atoms with Crippen LogP contribution in [0.4, 0.5) is 4.79 Å². The van der Waals surface area contributed by atoms with Gasteiger partial charge in [0.15, 0.2) is 0 Å². The average Bonchev–Trinajstić information content (AvgIpc) is 2.57. The molecule has 1 atom stereocenters. The van der Waals surface area contributed by atoms with Gasteiger partial charge in [-0.25, -0.2) is 4.79 Å². The van der Waals surface area contributed by atoms with E-state index < -0.39 is 17.7 Å². The normalized spacial score (nSPS) is 23.1. The third kappa shape index (κ3) is 12.1. The molecule has 0 aromatic heterocycles. The van der Waals surface area contributed by atoms with Crippen LogP contribution in [0.5, 0.6) is 0 Å². The maximum atomic E-state index is 12.3. The molecule has 1 fully saturated rings. The zero-order valence-electron chi connectivity index (χ0n) is 18.6. The summed E-state index contributed by atoms with van der Waals surface area (Å²) in [5, 5.41) is 2.64. The summed E-state index contributed by atoms with van der Waals surface area (Å²) in [4.78, 5) is 41.9. The van der Waals surface area contributed by atoms with E-state index in [1.54, 1.807) is 27.8 Å². The van der Waals surface area contributed by atoms with Crippen LogP contribution in [0.25, 0.3) is 0 Å². The Bertz CT molecular complexity index is 583. The van der Waals surface area contributed by atoms with E-state index in [1.807, 2.05) is 6.92 Å². The number of nitrogens with one attached hydrogen (secondary N) is 1. The largest absolute Gasteiger partial charge is 0.461 e. The molecule has 0 unspecified atom stereocenters. The second-order valence-electron chi connectivity index (χ2n) is 8.63. The molecule has 1 aliphatic heterocycles. The van der Waals surface area contributed by atoms with Gasteiger partial charge in [-0.3, -0.25) is 14.9 Å². The van der Waals surface area contributed by atoms with Crippen molar-refractivity contribution in [1.82, 2.24) is 10.2 Å². The minimum Gasteiger partial charge on any atom is -0.461 e. The van der Waals surface area contributed by atoms with Gasteiger partial charge >= 0.3 is 12.1 Å². The number of carbonyl (C=O) groups is 3. The lowest BCUT2D eigenvalue weighted by Crippen LogP contribution is -2.45. The van der Waals surface area contributed by atoms with Gasteiger partial charge in [-0.15, -0.1) is 4.99 Å². The van der Waals surface area contributed by atoms with Crippen molar-refractivity contribution < 1.29 is 23.9 Å². The van der Waals surface area contributed by atoms with Crippen LogP contribution in [0.15, 0.2) is 4.99 Å². The molecular formula is C21H37N3O5. The minimum absolute atomic E-state index is 0.0156. The van der Waals surface area contributed by atoms with Crippen LogP contribution in [-0.2, 0) is 19.1 Å². The van der Waals surface area contributed by atoms with Crippen molar-refractivity contribution in [1.29, 1.82) is 0 Å². The zero-order valence-corrected chi connectivity index (χ0v) is 18.6. The van der Waals surface area contributed by atoms with Gasteiger partial charge in [0.1, 0.15) is 12.1 Å². The van der Waals surface area contributed by atoms with Gasteiger partial charge in [0, 0.05) is 13.5 Å². The number of aliphatic imine (C=N–C) groups is 1. The van der Waals surface area contributed by atoms with Crippen LogP contribution < -0.4 is 5.32 Å². The SMILES string of the molecule is C[C@@H]1CCCCCCCCCC(=O)NC(=NC(=O)OC(C)(C)C)N(C)CC(=O)O1. The number of rotatable bonds is 0. The Labute approximate surface area is 174 Å². The monoisotopic (exact) mass is 411 g/mol. The Balaban J connectivity index is 2.89. The fourth-order valence-corrected chi connectivity index (χ4v) is 2.96. The van der Waals surface area contributed by atoms with Gasteiger partial charge in [0.2, 0.25) is 11.9 Å². The number of amides is 2. The fourth-order valence-electron chi connectivity index (χ4n) is 2.96. The minimum atomic E-state index is -0.827. The van der Waals surface area contributed by atoms with Gasteiger partial charge in [0.25, 0.3) is 0 Å². The van der Waals surface area contributed by atoms with Crippen LogP contribution in [0.2, 0.25) is 0 Å². The van der Waals surface area contributed by atoms with E-state index >= 15 is 0 Å². The molecule has 0 radical (unpaired) electrons. The molecule has 0 saturated carbocycles. The van der Waals surface area contributed by atoms with Crippen LogP contribution in [-0.4, -0.2) is 54.1 Å². The molecule has 0 aliphatic carbocycles. The van der Waals surface area contributed by atoms with Crippen LogP contribution in [0.3, 0.4) is 0 Å². The molecule has 1 rings (SSSR count). The molecule has 1 saturated heterocycles. The lowest BCUT2D eigenvalue weighted by atomic mass is 10.1. The van der Waals surface area contributed by atoms with Gasteiger partial charge in [0.05, 0.1) is 6.10 Å². The molecule has 1 N–H and O–H groups in total. The summed E-state index contributed by atoms with van der Waals surface area (Å²) in [6.45, 7) is 6.94. The van der Waals surface area contributed by atoms with E-state index in [0.29, 0.717) is 6.42 Å². The Morgan fingerprint density at radius 2 is 1.69 bits per heavy atom. The van der Waals surface area contributed by atoms with Crippen LogP contribution in [0, 0.1) is 0 Å². The highest BCUT2D eigenvalue weighted by Gasteiger charge is 2.21. The Hall–Kier alpha value is -2.12. The first-order valence-corrected chi connectivity index (χ1v) is 10.6. The van der Waals surface area contributed by atoms with E-state index in [0.717, 1.165) is 51.4 Å². The maximum Gasteiger partial charge on any atom is 0.437 e. The fraction of sp³-hybridized carbons (Fsp3) is 0.810. The standard InChI is InChI=1S/C21H37N3O5/c1-16-13-11-9-7-6-8-10-12-14-17(25)22-19(24(5)15-18(26)28-16)23-20(27)29-21(2,3)4/h16H,6-15H2,1-5H3,(H,22,23,25,27)/t16-/m1/s1. The molecule has 166 valence electrons. The molecule has 8 heteroatoms. The Kier molecular flexibility index (Phi) is 10.7. The predicted molar refractivity (Wildman–Crippen MR) is 112 cm³/mol. The van der Waals surface area contributed by atoms with Crippen molar-refractivity contribution in [3.05, 3.63) is 0 Å². The molecule has 1 heterocycles. The molecule has 0 bridgehead atoms. The van der Waals surface area contributed by atoms with E-state index in [4.69, 9.17) is 9.47 Å². The van der Waals surface area contributed by atoms with Crippen molar-refractivity contribution in [2.24, 2.45) is 4.99 Å². The summed E-state index contributed by atoms with van der Waals surface area (Å²) in [5.41, 5.74) is -0.713. The summed E-state index contributed by atoms with van der Waals surface area (Å²) >= 11 is 0. The Morgan fingerprint density at radius 3 is 2.31 bits per heavy atom. The number of hydrogen-bond donors (Lipinski definition) is 1. The first-order chi connectivity index (χ1) is 13.6. The number of hydrogen-bond acceptors (Lipinski definition) is 5. The first kappa shape index (κ1) is 24.9. The molecule has 8 nitrogen and oxygen atoms in total. The van der Waals surface area contributed by atoms with Crippen LogP contribution >= 0.6 is 0 Å². The quantitative estimate of drug-likeness (QED) is 0.609. The Morgan fingerprint density at radius 1 is 1.10 bits per heavy atom. The number of nitrogens with zero attached hydrogens (tertiary/aromatic N) is 2. The molecule has 2 amide bonds. The first-order valence-electron chi connectivity index (χ1n) is 10.6. The lowest BCUT2D eigenvalue weighted by Gasteiger charge is -2.23. The summed E-state index contributed by atoms with van der Waals surface area (Å²) in [6, 6.07) is 0. The summed E-state index contributed by atoms with van der Waals surface area (Å²) in [6.07, 6.45) is 7.45. The second kappa shape index (κ2) is 12.4. The number of guanidine groups is 1. The third-order valence-electron chi connectivity index (χ3n) is 4.42. The summed E-state index contributed by atoms with van der Waals surface area (Å²) in [7, 11) is 1.57. The van der Waals surface area contributed by atoms with E-state index in [2.05, 4.69) is 10.3 Å². The molecule has 1 aliphatic rings. The molecule has 29 heavy (non-hydrogen) atoms. The summed E-state index contributed by atoms with van der Waals surface area (Å²) in [5.74, 6) is -0.696. The van der Waals surface area contributed by atoms with Crippen molar-refractivity contribution >= 4 is 23.9 Å².